The Hall–Kier alpha value is -2.63. The predicted molar refractivity (Wildman–Crippen MR) is 85.4 cm³/mol. The van der Waals surface area contributed by atoms with Crippen LogP contribution in [0.25, 0.3) is 0 Å². The number of benzene rings is 1. The number of amides is 2. The van der Waals surface area contributed by atoms with E-state index in [-0.39, 0.29) is 0 Å². The van der Waals surface area contributed by atoms with Gasteiger partial charge in [0.15, 0.2) is 5.82 Å². The molecule has 2 amide bonds. The lowest BCUT2D eigenvalue weighted by atomic mass is 9.95. The van der Waals surface area contributed by atoms with Crippen LogP contribution in [0.5, 0.6) is 0 Å². The SMILES string of the molecule is Cc1cc(C)c(C2OC(=O)N(c3n[nH]c(C)c3C)C2=O)c(C)c1. The molecule has 6 heteroatoms. The van der Waals surface area contributed by atoms with E-state index in [2.05, 4.69) is 10.2 Å². The van der Waals surface area contributed by atoms with Crippen LogP contribution in [0.4, 0.5) is 10.6 Å². The minimum Gasteiger partial charge on any atom is -0.430 e. The molecule has 2 heterocycles. The summed E-state index contributed by atoms with van der Waals surface area (Å²) < 4.78 is 5.38. The maximum atomic E-state index is 12.8. The molecule has 1 atom stereocenters. The van der Waals surface area contributed by atoms with Gasteiger partial charge in [0.2, 0.25) is 6.10 Å². The van der Waals surface area contributed by atoms with Crippen molar-refractivity contribution in [1.82, 2.24) is 10.2 Å². The Balaban J connectivity index is 2.04. The summed E-state index contributed by atoms with van der Waals surface area (Å²) in [4.78, 5) is 26.1. The summed E-state index contributed by atoms with van der Waals surface area (Å²) in [5.74, 6) is -0.0953. The molecule has 1 fully saturated rings. The second-order valence-corrected chi connectivity index (χ2v) is 6.05. The van der Waals surface area contributed by atoms with Crippen LogP contribution in [0, 0.1) is 34.6 Å². The Bertz CT molecular complexity index is 799. The predicted octanol–water partition coefficient (Wildman–Crippen LogP) is 3.18. The fourth-order valence-electron chi connectivity index (χ4n) is 3.08. The van der Waals surface area contributed by atoms with E-state index < -0.39 is 18.1 Å². The molecular formula is C17H19N3O3. The summed E-state index contributed by atoms with van der Waals surface area (Å²) in [6, 6.07) is 3.96. The number of aromatic nitrogens is 2. The molecule has 2 aromatic rings. The van der Waals surface area contributed by atoms with Gasteiger partial charge in [-0.25, -0.2) is 4.79 Å². The van der Waals surface area contributed by atoms with Gasteiger partial charge >= 0.3 is 6.09 Å². The first-order valence-electron chi connectivity index (χ1n) is 7.45. The molecule has 3 rings (SSSR count). The monoisotopic (exact) mass is 313 g/mol. The number of hydrogen-bond donors (Lipinski definition) is 1. The highest BCUT2D eigenvalue weighted by atomic mass is 16.6. The molecule has 1 saturated heterocycles. The van der Waals surface area contributed by atoms with Crippen molar-refractivity contribution in [3.8, 4) is 0 Å². The summed E-state index contributed by atoms with van der Waals surface area (Å²) >= 11 is 0. The fourth-order valence-corrected chi connectivity index (χ4v) is 3.08. The first-order chi connectivity index (χ1) is 10.8. The van der Waals surface area contributed by atoms with Crippen molar-refractivity contribution in [1.29, 1.82) is 0 Å². The zero-order valence-corrected chi connectivity index (χ0v) is 13.9. The van der Waals surface area contributed by atoms with Crippen molar-refractivity contribution in [3.63, 3.8) is 0 Å². The number of aromatic amines is 1. The van der Waals surface area contributed by atoms with Gasteiger partial charge in [0, 0.05) is 16.8 Å². The van der Waals surface area contributed by atoms with E-state index in [1.165, 1.54) is 0 Å². The third kappa shape index (κ3) is 2.30. The number of hydrogen-bond acceptors (Lipinski definition) is 4. The third-order valence-electron chi connectivity index (χ3n) is 4.29. The van der Waals surface area contributed by atoms with Gasteiger partial charge in [-0.2, -0.15) is 10.00 Å². The largest absolute Gasteiger partial charge is 0.430 e. The third-order valence-corrected chi connectivity index (χ3v) is 4.29. The Morgan fingerprint density at radius 3 is 2.22 bits per heavy atom. The van der Waals surface area contributed by atoms with Crippen LogP contribution in [-0.4, -0.2) is 22.2 Å². The van der Waals surface area contributed by atoms with Gasteiger partial charge in [0.25, 0.3) is 5.91 Å². The van der Waals surface area contributed by atoms with Gasteiger partial charge in [0.1, 0.15) is 0 Å². The number of anilines is 1. The van der Waals surface area contributed by atoms with E-state index >= 15 is 0 Å². The van der Waals surface area contributed by atoms with Crippen LogP contribution < -0.4 is 4.90 Å². The normalized spacial score (nSPS) is 17.8. The quantitative estimate of drug-likeness (QED) is 0.924. The second kappa shape index (κ2) is 5.22. The van der Waals surface area contributed by atoms with Crippen molar-refractivity contribution >= 4 is 17.8 Å². The topological polar surface area (TPSA) is 75.3 Å². The highest BCUT2D eigenvalue weighted by Gasteiger charge is 2.45. The van der Waals surface area contributed by atoms with Gasteiger partial charge in [-0.05, 0) is 45.7 Å². The van der Waals surface area contributed by atoms with Crippen LogP contribution in [0.15, 0.2) is 12.1 Å². The van der Waals surface area contributed by atoms with E-state index in [0.717, 1.165) is 38.4 Å². The Labute approximate surface area is 134 Å². The summed E-state index contributed by atoms with van der Waals surface area (Å²) in [5, 5.41) is 6.85. The molecule has 1 unspecified atom stereocenters. The minimum atomic E-state index is -0.917. The standard InChI is InChI=1S/C17H19N3O3/c1-8-6-9(2)13(10(3)7-8)14-16(21)20(17(22)23-14)15-11(4)12(5)18-19-15/h6-7,14H,1-5H3,(H,18,19). The Kier molecular flexibility index (Phi) is 3.47. The van der Waals surface area contributed by atoms with Crippen LogP contribution in [0.1, 0.15) is 39.6 Å². The maximum absolute atomic E-state index is 12.8. The molecule has 1 N–H and O–H groups in total. The minimum absolute atomic E-state index is 0.308. The van der Waals surface area contributed by atoms with E-state index in [1.807, 2.05) is 46.8 Å². The lowest BCUT2D eigenvalue weighted by Gasteiger charge is -2.15. The zero-order valence-electron chi connectivity index (χ0n) is 13.9. The first kappa shape index (κ1) is 15.3. The number of nitrogens with zero attached hydrogens (tertiary/aromatic N) is 2. The molecule has 1 aromatic heterocycles. The number of carbonyl (C=O) groups is 2. The number of H-pyrrole nitrogens is 1. The molecule has 23 heavy (non-hydrogen) atoms. The van der Waals surface area contributed by atoms with Crippen LogP contribution in [-0.2, 0) is 9.53 Å². The number of imide groups is 1. The Morgan fingerprint density at radius 1 is 1.09 bits per heavy atom. The first-order valence-corrected chi connectivity index (χ1v) is 7.45. The number of carbonyl (C=O) groups excluding carboxylic acids is 2. The van der Waals surface area contributed by atoms with E-state index in [9.17, 15) is 9.59 Å². The number of rotatable bonds is 2. The van der Waals surface area contributed by atoms with Crippen LogP contribution >= 0.6 is 0 Å². The fraction of sp³-hybridized carbons (Fsp3) is 0.353. The highest BCUT2D eigenvalue weighted by Crippen LogP contribution is 2.35. The molecule has 0 spiro atoms. The van der Waals surface area contributed by atoms with Gasteiger partial charge in [-0.1, -0.05) is 17.7 Å². The van der Waals surface area contributed by atoms with Crippen molar-refractivity contribution < 1.29 is 14.3 Å². The summed E-state index contributed by atoms with van der Waals surface area (Å²) in [6.07, 6.45) is -1.60. The molecular weight excluding hydrogens is 294 g/mol. The lowest BCUT2D eigenvalue weighted by molar-refractivity contribution is -0.122. The molecule has 1 aliphatic rings. The van der Waals surface area contributed by atoms with E-state index in [4.69, 9.17) is 4.74 Å². The molecule has 0 saturated carbocycles. The van der Waals surface area contributed by atoms with Crippen molar-refractivity contribution in [2.75, 3.05) is 4.90 Å². The average Bonchev–Trinajstić information content (AvgIpc) is 2.91. The number of nitrogens with one attached hydrogen (secondary N) is 1. The van der Waals surface area contributed by atoms with Gasteiger partial charge in [-0.15, -0.1) is 0 Å². The maximum Gasteiger partial charge on any atom is 0.423 e. The van der Waals surface area contributed by atoms with Crippen molar-refractivity contribution in [2.45, 2.75) is 40.7 Å². The molecule has 120 valence electrons. The van der Waals surface area contributed by atoms with Crippen molar-refractivity contribution in [3.05, 3.63) is 45.6 Å². The summed E-state index contributed by atoms with van der Waals surface area (Å²) in [5.41, 5.74) is 5.30. The Morgan fingerprint density at radius 2 is 1.70 bits per heavy atom. The molecule has 1 aliphatic heterocycles. The van der Waals surface area contributed by atoms with Crippen LogP contribution in [0.2, 0.25) is 0 Å². The lowest BCUT2D eigenvalue weighted by Crippen LogP contribution is -2.30. The number of ether oxygens (including phenoxy) is 1. The molecule has 0 radical (unpaired) electrons. The molecule has 1 aromatic carbocycles. The van der Waals surface area contributed by atoms with Gasteiger partial charge < -0.3 is 4.74 Å². The second-order valence-electron chi connectivity index (χ2n) is 6.05. The van der Waals surface area contributed by atoms with Gasteiger partial charge in [0.05, 0.1) is 0 Å². The smallest absolute Gasteiger partial charge is 0.423 e. The number of aryl methyl sites for hydroxylation is 4. The average molecular weight is 313 g/mol. The zero-order chi connectivity index (χ0) is 16.9. The van der Waals surface area contributed by atoms with Crippen LogP contribution in [0.3, 0.4) is 0 Å². The summed E-state index contributed by atoms with van der Waals surface area (Å²) in [7, 11) is 0. The number of cyclic esters (lactones) is 1. The highest BCUT2D eigenvalue weighted by molar-refractivity contribution is 6.18. The van der Waals surface area contributed by atoms with Gasteiger partial charge in [-0.3, -0.25) is 9.89 Å². The molecule has 6 nitrogen and oxygen atoms in total. The molecule has 0 aliphatic carbocycles. The van der Waals surface area contributed by atoms with E-state index in [1.54, 1.807) is 0 Å². The van der Waals surface area contributed by atoms with Crippen molar-refractivity contribution in [2.24, 2.45) is 0 Å². The van der Waals surface area contributed by atoms with E-state index in [0.29, 0.717) is 5.82 Å². The molecule has 0 bridgehead atoms. The summed E-state index contributed by atoms with van der Waals surface area (Å²) in [6.45, 7) is 9.48.